The molecule has 1 aromatic rings. The molecule has 4 nitrogen and oxygen atoms in total. The zero-order valence-corrected chi connectivity index (χ0v) is 11.5. The molecular weight excluding hydrogens is 228 g/mol. The number of benzene rings is 1. The van der Waals surface area contributed by atoms with E-state index >= 15 is 0 Å². The summed E-state index contributed by atoms with van der Waals surface area (Å²) in [7, 11) is 1.68. The van der Waals surface area contributed by atoms with Crippen molar-refractivity contribution in [3.63, 3.8) is 0 Å². The Labute approximate surface area is 109 Å². The predicted octanol–water partition coefficient (Wildman–Crippen LogP) is 1.88. The summed E-state index contributed by atoms with van der Waals surface area (Å²) in [4.78, 5) is 13.4. The van der Waals surface area contributed by atoms with Crippen LogP contribution in [0, 0.1) is 6.92 Å². The van der Waals surface area contributed by atoms with Crippen molar-refractivity contribution in [3.05, 3.63) is 29.8 Å². The van der Waals surface area contributed by atoms with Crippen LogP contribution in [0.1, 0.15) is 19.4 Å². The molecule has 1 unspecified atom stereocenters. The molecule has 1 aromatic carbocycles. The first-order chi connectivity index (χ1) is 8.42. The minimum atomic E-state index is -0.945. The van der Waals surface area contributed by atoms with Gasteiger partial charge in [-0.15, -0.1) is 0 Å². The van der Waals surface area contributed by atoms with Crippen molar-refractivity contribution in [3.8, 4) is 0 Å². The third-order valence-corrected chi connectivity index (χ3v) is 3.28. The summed E-state index contributed by atoms with van der Waals surface area (Å²) in [6.45, 7) is 6.96. The molecule has 2 N–H and O–H groups in total. The van der Waals surface area contributed by atoms with Crippen LogP contribution in [-0.4, -0.2) is 36.8 Å². The lowest BCUT2D eigenvalue weighted by atomic mass is 10.0. The Balaban J connectivity index is 2.94. The first-order valence-electron chi connectivity index (χ1n) is 6.17. The average molecular weight is 250 g/mol. The van der Waals surface area contributed by atoms with Crippen LogP contribution in [0.5, 0.6) is 0 Å². The highest BCUT2D eigenvalue weighted by atomic mass is 16.4. The second-order valence-corrected chi connectivity index (χ2v) is 4.74. The second-order valence-electron chi connectivity index (χ2n) is 4.74. The molecule has 0 aliphatic heterocycles. The fourth-order valence-corrected chi connectivity index (χ4v) is 1.85. The number of carboxylic acid groups (broad SMARTS) is 1. The van der Waals surface area contributed by atoms with Gasteiger partial charge in [0.15, 0.2) is 0 Å². The minimum absolute atomic E-state index is 0.429. The summed E-state index contributed by atoms with van der Waals surface area (Å²) in [5.41, 5.74) is 1.28. The number of hydrogen-bond acceptors (Lipinski definition) is 3. The van der Waals surface area contributed by atoms with Gasteiger partial charge in [0.05, 0.1) is 0 Å². The van der Waals surface area contributed by atoms with Crippen LogP contribution in [0.25, 0.3) is 0 Å². The summed E-state index contributed by atoms with van der Waals surface area (Å²) >= 11 is 0. The molecule has 0 bridgehead atoms. The number of likely N-dealkylation sites (N-methyl/N-ethyl adjacent to an activating group) is 2. The Morgan fingerprint density at radius 1 is 1.50 bits per heavy atom. The van der Waals surface area contributed by atoms with Crippen LogP contribution in [-0.2, 0) is 4.79 Å². The number of carboxylic acids is 1. The maximum absolute atomic E-state index is 11.3. The highest BCUT2D eigenvalue weighted by Crippen LogP contribution is 2.18. The first kappa shape index (κ1) is 14.5. The maximum atomic E-state index is 11.3. The van der Waals surface area contributed by atoms with Gasteiger partial charge in [0.2, 0.25) is 0 Å². The number of nitrogens with one attached hydrogen (secondary N) is 1. The van der Waals surface area contributed by atoms with Gasteiger partial charge in [-0.05, 0) is 45.5 Å². The zero-order valence-electron chi connectivity index (χ0n) is 11.5. The molecule has 0 aliphatic rings. The summed E-state index contributed by atoms with van der Waals surface area (Å²) in [6, 6.07) is 8.10. The number of rotatable bonds is 6. The summed E-state index contributed by atoms with van der Waals surface area (Å²) in [5.74, 6) is -0.837. The van der Waals surface area contributed by atoms with E-state index in [2.05, 4.69) is 16.3 Å². The van der Waals surface area contributed by atoms with E-state index < -0.39 is 11.5 Å². The van der Waals surface area contributed by atoms with Gasteiger partial charge in [0, 0.05) is 18.8 Å². The van der Waals surface area contributed by atoms with Crippen molar-refractivity contribution in [1.29, 1.82) is 0 Å². The fraction of sp³-hybridized carbons (Fsp3) is 0.500. The zero-order chi connectivity index (χ0) is 13.8. The topological polar surface area (TPSA) is 52.6 Å². The Morgan fingerprint density at radius 3 is 2.61 bits per heavy atom. The molecule has 0 saturated heterocycles. The second kappa shape index (κ2) is 5.87. The highest BCUT2D eigenvalue weighted by molar-refractivity contribution is 5.79. The number of hydrogen-bond donors (Lipinski definition) is 2. The van der Waals surface area contributed by atoms with E-state index in [1.165, 1.54) is 5.56 Å². The maximum Gasteiger partial charge on any atom is 0.325 e. The fourth-order valence-electron chi connectivity index (χ4n) is 1.85. The molecule has 0 spiro atoms. The molecule has 0 fully saturated rings. The third kappa shape index (κ3) is 3.23. The third-order valence-electron chi connectivity index (χ3n) is 3.28. The van der Waals surface area contributed by atoms with Crippen LogP contribution in [0.15, 0.2) is 24.3 Å². The van der Waals surface area contributed by atoms with Gasteiger partial charge in [0.25, 0.3) is 0 Å². The number of nitrogens with zero attached hydrogens (tertiary/aromatic N) is 1. The van der Waals surface area contributed by atoms with Gasteiger partial charge in [0.1, 0.15) is 5.54 Å². The summed E-state index contributed by atoms with van der Waals surface area (Å²) in [5, 5.41) is 12.2. The van der Waals surface area contributed by atoms with Crippen molar-refractivity contribution in [1.82, 2.24) is 5.32 Å². The smallest absolute Gasteiger partial charge is 0.325 e. The molecule has 4 heteroatoms. The van der Waals surface area contributed by atoms with Gasteiger partial charge in [-0.3, -0.25) is 4.79 Å². The molecule has 0 heterocycles. The van der Waals surface area contributed by atoms with E-state index in [9.17, 15) is 9.90 Å². The van der Waals surface area contributed by atoms with Gasteiger partial charge in [-0.25, -0.2) is 0 Å². The Morgan fingerprint density at radius 2 is 2.17 bits per heavy atom. The van der Waals surface area contributed by atoms with E-state index in [0.717, 1.165) is 12.2 Å². The molecular formula is C14H22N2O2. The lowest BCUT2D eigenvalue weighted by Crippen LogP contribution is -2.55. The number of anilines is 1. The van der Waals surface area contributed by atoms with Crippen molar-refractivity contribution >= 4 is 11.7 Å². The Kier molecular flexibility index (Phi) is 4.73. The van der Waals surface area contributed by atoms with Gasteiger partial charge >= 0.3 is 5.97 Å². The SMILES string of the molecule is CCN(CC(C)(NC)C(=O)O)c1cccc(C)c1. The highest BCUT2D eigenvalue weighted by Gasteiger charge is 2.33. The molecule has 100 valence electrons. The van der Waals surface area contributed by atoms with Crippen LogP contribution in [0.4, 0.5) is 5.69 Å². The number of aliphatic carboxylic acids is 1. The van der Waals surface area contributed by atoms with Gasteiger partial charge in [-0.1, -0.05) is 12.1 Å². The van der Waals surface area contributed by atoms with E-state index in [0.29, 0.717) is 6.54 Å². The average Bonchev–Trinajstić information content (AvgIpc) is 2.35. The molecule has 18 heavy (non-hydrogen) atoms. The molecule has 0 radical (unpaired) electrons. The minimum Gasteiger partial charge on any atom is -0.480 e. The lowest BCUT2D eigenvalue weighted by Gasteiger charge is -2.33. The predicted molar refractivity (Wildman–Crippen MR) is 74.2 cm³/mol. The van der Waals surface area contributed by atoms with E-state index in [-0.39, 0.29) is 0 Å². The van der Waals surface area contributed by atoms with Crippen molar-refractivity contribution < 1.29 is 9.90 Å². The molecule has 0 aliphatic carbocycles. The Hall–Kier alpha value is -1.55. The first-order valence-corrected chi connectivity index (χ1v) is 6.17. The summed E-state index contributed by atoms with van der Waals surface area (Å²) in [6.07, 6.45) is 0. The van der Waals surface area contributed by atoms with Crippen LogP contribution in [0.3, 0.4) is 0 Å². The number of aryl methyl sites for hydroxylation is 1. The molecule has 0 aromatic heterocycles. The van der Waals surface area contributed by atoms with Crippen LogP contribution >= 0.6 is 0 Å². The molecule has 0 amide bonds. The quantitative estimate of drug-likeness (QED) is 0.809. The standard InChI is InChI=1S/C14H22N2O2/c1-5-16(10-14(3,15-4)13(17)18)12-8-6-7-11(2)9-12/h6-9,15H,5,10H2,1-4H3,(H,17,18). The molecule has 0 saturated carbocycles. The monoisotopic (exact) mass is 250 g/mol. The van der Waals surface area contributed by atoms with E-state index in [4.69, 9.17) is 0 Å². The van der Waals surface area contributed by atoms with Crippen LogP contribution in [0.2, 0.25) is 0 Å². The van der Waals surface area contributed by atoms with E-state index in [1.807, 2.05) is 32.0 Å². The Bertz CT molecular complexity index is 420. The largest absolute Gasteiger partial charge is 0.480 e. The lowest BCUT2D eigenvalue weighted by molar-refractivity contribution is -0.143. The van der Waals surface area contributed by atoms with Crippen molar-refractivity contribution in [2.45, 2.75) is 26.3 Å². The van der Waals surface area contributed by atoms with Crippen molar-refractivity contribution in [2.75, 3.05) is 25.0 Å². The summed E-state index contributed by atoms with van der Waals surface area (Å²) < 4.78 is 0. The van der Waals surface area contributed by atoms with Gasteiger partial charge in [-0.2, -0.15) is 0 Å². The van der Waals surface area contributed by atoms with Gasteiger partial charge < -0.3 is 15.3 Å². The molecule has 1 atom stereocenters. The normalized spacial score (nSPS) is 14.0. The molecule has 1 rings (SSSR count). The van der Waals surface area contributed by atoms with E-state index in [1.54, 1.807) is 14.0 Å². The van der Waals surface area contributed by atoms with Crippen LogP contribution < -0.4 is 10.2 Å². The number of carbonyl (C=O) groups is 1. The van der Waals surface area contributed by atoms with Crippen molar-refractivity contribution in [2.24, 2.45) is 0 Å².